The second kappa shape index (κ2) is 5.66. The Morgan fingerprint density at radius 2 is 1.90 bits per heavy atom. The fourth-order valence-corrected chi connectivity index (χ4v) is 1.87. The zero-order chi connectivity index (χ0) is 14.9. The lowest BCUT2D eigenvalue weighted by molar-refractivity contribution is 0.442. The number of aromatic nitrogens is 2. The predicted octanol–water partition coefficient (Wildman–Crippen LogP) is 5.12. The van der Waals surface area contributed by atoms with E-state index in [1.807, 2.05) is 20.8 Å². The second-order valence-corrected chi connectivity index (χ2v) is 6.52. The molecule has 0 amide bonds. The van der Waals surface area contributed by atoms with Gasteiger partial charge in [0.25, 0.3) is 0 Å². The Morgan fingerprint density at radius 3 is 2.50 bits per heavy atom. The van der Waals surface area contributed by atoms with E-state index >= 15 is 0 Å². The van der Waals surface area contributed by atoms with Crippen molar-refractivity contribution >= 4 is 27.5 Å². The van der Waals surface area contributed by atoms with Gasteiger partial charge >= 0.3 is 0 Å². The lowest BCUT2D eigenvalue weighted by Gasteiger charge is -2.17. The number of hydrogen-bond acceptors (Lipinski definition) is 3. The van der Waals surface area contributed by atoms with Crippen LogP contribution in [0.3, 0.4) is 0 Å². The molecule has 20 heavy (non-hydrogen) atoms. The topological polar surface area (TPSA) is 35.0 Å². The second-order valence-electron chi connectivity index (χ2n) is 5.28. The minimum atomic E-state index is -0.404. The van der Waals surface area contributed by atoms with Crippen molar-refractivity contribution in [2.24, 2.45) is 0 Å². The Morgan fingerprint density at radius 1 is 1.20 bits per heavy atom. The van der Waals surface area contributed by atoms with Gasteiger partial charge in [-0.3, -0.25) is 0 Å². The number of halogens is 3. The van der Waals surface area contributed by atoms with Gasteiger partial charge in [-0.05, 0) is 28.1 Å². The monoisotopic (exact) mass is 358 g/mol. The molecule has 1 aromatic heterocycles. The number of benzene rings is 1. The van der Waals surface area contributed by atoms with Crippen molar-refractivity contribution in [2.75, 3.05) is 0 Å². The van der Waals surface area contributed by atoms with E-state index in [1.54, 1.807) is 12.1 Å². The predicted molar refractivity (Wildman–Crippen MR) is 79.9 cm³/mol. The van der Waals surface area contributed by atoms with Crippen LogP contribution < -0.4 is 4.74 Å². The molecule has 0 fully saturated rings. The molecular weight excluding hydrogens is 347 g/mol. The highest BCUT2D eigenvalue weighted by Gasteiger charge is 2.19. The molecule has 0 aliphatic rings. The number of nitrogens with zero attached hydrogens (tertiary/aromatic N) is 2. The summed E-state index contributed by atoms with van der Waals surface area (Å²) in [7, 11) is 0. The molecule has 6 heteroatoms. The van der Waals surface area contributed by atoms with Crippen LogP contribution in [0.4, 0.5) is 4.39 Å². The Hall–Kier alpha value is -1.20. The smallest absolute Gasteiger partial charge is 0.224 e. The third-order valence-corrected chi connectivity index (χ3v) is 3.29. The van der Waals surface area contributed by atoms with Crippen molar-refractivity contribution in [2.45, 2.75) is 26.2 Å². The first-order valence-corrected chi connectivity index (χ1v) is 7.11. The summed E-state index contributed by atoms with van der Waals surface area (Å²) in [5.41, 5.74) is -0.256. The van der Waals surface area contributed by atoms with Crippen molar-refractivity contribution in [1.29, 1.82) is 0 Å². The summed E-state index contributed by atoms with van der Waals surface area (Å²) >= 11 is 9.05. The van der Waals surface area contributed by atoms with Gasteiger partial charge in [0.2, 0.25) is 5.88 Å². The molecule has 0 unspecified atom stereocenters. The highest BCUT2D eigenvalue weighted by molar-refractivity contribution is 9.10. The van der Waals surface area contributed by atoms with Crippen LogP contribution >= 0.6 is 27.5 Å². The lowest BCUT2D eigenvalue weighted by Crippen LogP contribution is -2.16. The average Bonchev–Trinajstić information content (AvgIpc) is 2.32. The van der Waals surface area contributed by atoms with E-state index in [4.69, 9.17) is 16.3 Å². The molecule has 3 nitrogen and oxygen atoms in total. The minimum Gasteiger partial charge on any atom is -0.439 e. The summed E-state index contributed by atoms with van der Waals surface area (Å²) in [5.74, 6) is 0.799. The van der Waals surface area contributed by atoms with Crippen LogP contribution in [0.2, 0.25) is 5.15 Å². The van der Waals surface area contributed by atoms with Crippen LogP contribution in [-0.2, 0) is 5.41 Å². The molecule has 1 aromatic carbocycles. The molecule has 0 N–H and O–H groups in total. The highest BCUT2D eigenvalue weighted by Crippen LogP contribution is 2.28. The average molecular weight is 360 g/mol. The highest BCUT2D eigenvalue weighted by atomic mass is 79.9. The van der Waals surface area contributed by atoms with E-state index in [1.165, 1.54) is 12.1 Å². The zero-order valence-electron chi connectivity index (χ0n) is 11.2. The van der Waals surface area contributed by atoms with Crippen LogP contribution in [0, 0.1) is 5.82 Å². The standard InChI is InChI=1S/C14H13BrClFN2O/c1-14(2,3)13-18-11(16)7-12(19-13)20-8-4-5-9(15)10(17)6-8/h4-7H,1-3H3. The van der Waals surface area contributed by atoms with Gasteiger partial charge in [0.15, 0.2) is 0 Å². The van der Waals surface area contributed by atoms with Gasteiger partial charge in [-0.25, -0.2) is 9.37 Å². The first kappa shape index (κ1) is 15.2. The van der Waals surface area contributed by atoms with Crippen molar-refractivity contribution < 1.29 is 9.13 Å². The molecule has 0 saturated heterocycles. The maximum Gasteiger partial charge on any atom is 0.224 e. The molecule has 0 aliphatic heterocycles. The first-order chi connectivity index (χ1) is 9.25. The Balaban J connectivity index is 2.33. The van der Waals surface area contributed by atoms with Crippen LogP contribution in [0.25, 0.3) is 0 Å². The van der Waals surface area contributed by atoms with Crippen molar-refractivity contribution in [3.05, 3.63) is 45.5 Å². The molecule has 106 valence electrons. The SMILES string of the molecule is CC(C)(C)c1nc(Cl)cc(Oc2ccc(Br)c(F)c2)n1. The molecule has 2 rings (SSSR count). The summed E-state index contributed by atoms with van der Waals surface area (Å²) in [4.78, 5) is 8.47. The molecule has 0 saturated carbocycles. The van der Waals surface area contributed by atoms with E-state index in [2.05, 4.69) is 25.9 Å². The zero-order valence-corrected chi connectivity index (χ0v) is 13.6. The van der Waals surface area contributed by atoms with Crippen LogP contribution in [0.1, 0.15) is 26.6 Å². The van der Waals surface area contributed by atoms with E-state index in [-0.39, 0.29) is 16.4 Å². The molecule has 0 radical (unpaired) electrons. The van der Waals surface area contributed by atoms with Gasteiger partial charge < -0.3 is 4.74 Å². The third kappa shape index (κ3) is 3.67. The molecule has 0 bridgehead atoms. The van der Waals surface area contributed by atoms with E-state index < -0.39 is 5.82 Å². The van der Waals surface area contributed by atoms with Crippen molar-refractivity contribution in [1.82, 2.24) is 9.97 Å². The Bertz CT molecular complexity index is 644. The van der Waals surface area contributed by atoms with Gasteiger partial charge in [-0.1, -0.05) is 32.4 Å². The Labute approximate surface area is 130 Å². The summed E-state index contributed by atoms with van der Waals surface area (Å²) in [6.45, 7) is 5.92. The molecule has 0 spiro atoms. The maximum absolute atomic E-state index is 13.4. The van der Waals surface area contributed by atoms with Gasteiger partial charge in [-0.2, -0.15) is 4.98 Å². The fourth-order valence-electron chi connectivity index (χ4n) is 1.45. The van der Waals surface area contributed by atoms with Crippen LogP contribution in [0.5, 0.6) is 11.6 Å². The molecule has 2 aromatic rings. The van der Waals surface area contributed by atoms with Gasteiger partial charge in [0, 0.05) is 17.5 Å². The summed E-state index contributed by atoms with van der Waals surface area (Å²) in [6, 6.07) is 5.98. The minimum absolute atomic E-state index is 0.256. The Kier molecular flexibility index (Phi) is 4.30. The molecule has 0 aliphatic carbocycles. The van der Waals surface area contributed by atoms with Crippen LogP contribution in [0.15, 0.2) is 28.7 Å². The summed E-state index contributed by atoms with van der Waals surface area (Å²) in [5, 5.41) is 0.289. The third-order valence-electron chi connectivity index (χ3n) is 2.46. The first-order valence-electron chi connectivity index (χ1n) is 5.94. The largest absolute Gasteiger partial charge is 0.439 e. The van der Waals surface area contributed by atoms with Gasteiger partial charge in [0.05, 0.1) is 4.47 Å². The molecule has 0 atom stereocenters. The fraction of sp³-hybridized carbons (Fsp3) is 0.286. The van der Waals surface area contributed by atoms with E-state index in [0.717, 1.165) is 0 Å². The van der Waals surface area contributed by atoms with Crippen molar-refractivity contribution in [3.63, 3.8) is 0 Å². The molecular formula is C14H13BrClFN2O. The van der Waals surface area contributed by atoms with E-state index in [0.29, 0.717) is 16.0 Å². The van der Waals surface area contributed by atoms with Crippen LogP contribution in [-0.4, -0.2) is 9.97 Å². The van der Waals surface area contributed by atoms with Gasteiger partial charge in [-0.15, -0.1) is 0 Å². The molecule has 1 heterocycles. The normalized spacial score (nSPS) is 11.5. The number of ether oxygens (including phenoxy) is 1. The quantitative estimate of drug-likeness (QED) is 0.698. The summed E-state index contributed by atoms with van der Waals surface area (Å²) in [6.07, 6.45) is 0. The van der Waals surface area contributed by atoms with Gasteiger partial charge in [0.1, 0.15) is 22.5 Å². The lowest BCUT2D eigenvalue weighted by atomic mass is 9.96. The number of hydrogen-bond donors (Lipinski definition) is 0. The van der Waals surface area contributed by atoms with E-state index in [9.17, 15) is 4.39 Å². The maximum atomic E-state index is 13.4. The van der Waals surface area contributed by atoms with Crippen molar-refractivity contribution in [3.8, 4) is 11.6 Å². The number of rotatable bonds is 2. The summed E-state index contributed by atoms with van der Waals surface area (Å²) < 4.78 is 19.4.